The van der Waals surface area contributed by atoms with E-state index in [2.05, 4.69) is 15.8 Å². The molecule has 1 aliphatic carbocycles. The van der Waals surface area contributed by atoms with Crippen molar-refractivity contribution in [2.24, 2.45) is 7.05 Å². The van der Waals surface area contributed by atoms with Crippen molar-refractivity contribution in [1.82, 2.24) is 14.3 Å². The molecule has 1 aromatic carbocycles. The molecule has 142 valence electrons. The van der Waals surface area contributed by atoms with Crippen LogP contribution in [0, 0.1) is 0 Å². The van der Waals surface area contributed by atoms with Gasteiger partial charge in [0.25, 0.3) is 0 Å². The molecule has 1 aliphatic rings. The lowest BCUT2D eigenvalue weighted by Crippen LogP contribution is -2.25. The molecule has 4 rings (SSSR count). The summed E-state index contributed by atoms with van der Waals surface area (Å²) in [6, 6.07) is 4.50. The van der Waals surface area contributed by atoms with Gasteiger partial charge in [0.1, 0.15) is 5.58 Å². The number of rotatable bonds is 5. The van der Waals surface area contributed by atoms with Crippen LogP contribution in [0.4, 0.5) is 0 Å². The van der Waals surface area contributed by atoms with E-state index in [0.29, 0.717) is 23.0 Å². The van der Waals surface area contributed by atoms with Crippen LogP contribution in [0.5, 0.6) is 0 Å². The molecule has 0 aliphatic heterocycles. The minimum absolute atomic E-state index is 0.143. The van der Waals surface area contributed by atoms with E-state index >= 15 is 0 Å². The van der Waals surface area contributed by atoms with Gasteiger partial charge in [0.15, 0.2) is 5.52 Å². The fourth-order valence-electron chi connectivity index (χ4n) is 3.56. The van der Waals surface area contributed by atoms with Crippen LogP contribution in [0.25, 0.3) is 22.0 Å². The maximum absolute atomic E-state index is 12.7. The number of fused-ring (bicyclic) bond motifs is 3. The summed E-state index contributed by atoms with van der Waals surface area (Å²) in [5.74, 6) is 0. The van der Waals surface area contributed by atoms with Gasteiger partial charge in [0, 0.05) is 19.0 Å². The lowest BCUT2D eigenvalue weighted by atomic mass is 9.97. The van der Waals surface area contributed by atoms with Crippen LogP contribution in [0.2, 0.25) is 0 Å². The monoisotopic (exact) mass is 387 g/mol. The largest absolute Gasteiger partial charge is 0.421 e. The molecule has 0 unspecified atom stereocenters. The average molecular weight is 387 g/mol. The first-order valence-corrected chi connectivity index (χ1v) is 10.5. The Kier molecular flexibility index (Phi) is 4.61. The summed E-state index contributed by atoms with van der Waals surface area (Å²) in [4.78, 5) is 16.2. The summed E-state index contributed by atoms with van der Waals surface area (Å²) in [5, 5.41) is 0.544. The van der Waals surface area contributed by atoms with Gasteiger partial charge in [-0.25, -0.2) is 22.9 Å². The smallest absolute Gasteiger partial charge is 0.364 e. The molecule has 27 heavy (non-hydrogen) atoms. The van der Waals surface area contributed by atoms with Crippen molar-refractivity contribution in [2.75, 3.05) is 6.54 Å². The lowest BCUT2D eigenvalue weighted by molar-refractivity contribution is 0.567. The first-order valence-electron chi connectivity index (χ1n) is 9.01. The number of benzene rings is 1. The van der Waals surface area contributed by atoms with Crippen molar-refractivity contribution < 1.29 is 12.8 Å². The summed E-state index contributed by atoms with van der Waals surface area (Å²) in [6.45, 7) is 0.372. The van der Waals surface area contributed by atoms with Crippen LogP contribution in [0.15, 0.2) is 50.3 Å². The molecule has 1 N–H and O–H groups in total. The van der Waals surface area contributed by atoms with Crippen LogP contribution in [-0.2, 0) is 17.1 Å². The highest BCUT2D eigenvalue weighted by atomic mass is 32.2. The van der Waals surface area contributed by atoms with Gasteiger partial charge in [0.05, 0.1) is 16.7 Å². The second-order valence-corrected chi connectivity index (χ2v) is 8.62. The van der Waals surface area contributed by atoms with E-state index in [-0.39, 0.29) is 10.4 Å². The molecule has 0 amide bonds. The van der Waals surface area contributed by atoms with E-state index < -0.39 is 15.6 Å². The quantitative estimate of drug-likeness (QED) is 0.537. The number of aryl methyl sites for hydroxylation is 1. The molecule has 3 aromatic rings. The zero-order valence-corrected chi connectivity index (χ0v) is 15.9. The Morgan fingerprint density at radius 3 is 2.93 bits per heavy atom. The standard InChI is InChI=1S/C19H21N3O4S/c1-22-12-20-17-18(22)15-11-14(7-8-16(15)26-19(17)23)27(24,25)21-10-9-13-5-3-2-4-6-13/h5,7-8,11-12,21H,2-4,6,9-10H2,1H3. The second kappa shape index (κ2) is 6.94. The molecule has 0 saturated carbocycles. The molecule has 8 heteroatoms. The van der Waals surface area contributed by atoms with Crippen molar-refractivity contribution in [3.63, 3.8) is 0 Å². The van der Waals surface area contributed by atoms with Crippen LogP contribution in [0.3, 0.4) is 0 Å². The summed E-state index contributed by atoms with van der Waals surface area (Å²) in [7, 11) is -1.90. The lowest BCUT2D eigenvalue weighted by Gasteiger charge is -2.13. The molecule has 0 bridgehead atoms. The Labute approximate surface area is 156 Å². The van der Waals surface area contributed by atoms with Crippen LogP contribution < -0.4 is 10.3 Å². The normalized spacial score (nSPS) is 15.4. The van der Waals surface area contributed by atoms with Crippen molar-refractivity contribution >= 4 is 32.0 Å². The van der Waals surface area contributed by atoms with Gasteiger partial charge in [-0.1, -0.05) is 11.6 Å². The van der Waals surface area contributed by atoms with E-state index in [9.17, 15) is 13.2 Å². The maximum Gasteiger partial charge on any atom is 0.364 e. The predicted octanol–water partition coefficient (Wildman–Crippen LogP) is 2.85. The van der Waals surface area contributed by atoms with Crippen LogP contribution in [0.1, 0.15) is 32.1 Å². The molecule has 0 radical (unpaired) electrons. The number of nitrogens with one attached hydrogen (secondary N) is 1. The Morgan fingerprint density at radius 2 is 2.15 bits per heavy atom. The zero-order chi connectivity index (χ0) is 19.0. The van der Waals surface area contributed by atoms with Gasteiger partial charge in [-0.2, -0.15) is 0 Å². The third-order valence-electron chi connectivity index (χ3n) is 4.97. The SMILES string of the molecule is Cn1cnc2c(=O)oc3ccc(S(=O)(=O)NCCC4=CCCCC4)cc3c21. The summed E-state index contributed by atoms with van der Waals surface area (Å²) < 4.78 is 35.0. The average Bonchev–Trinajstić information content (AvgIpc) is 3.05. The molecule has 2 aromatic heterocycles. The van der Waals surface area contributed by atoms with Crippen molar-refractivity contribution in [2.45, 2.75) is 37.0 Å². The first-order chi connectivity index (χ1) is 13.0. The molecule has 0 atom stereocenters. The Hall–Kier alpha value is -2.45. The summed E-state index contributed by atoms with van der Waals surface area (Å²) >= 11 is 0. The van der Waals surface area contributed by atoms with Gasteiger partial charge < -0.3 is 8.98 Å². The highest BCUT2D eigenvalue weighted by Crippen LogP contribution is 2.25. The fraction of sp³-hybridized carbons (Fsp3) is 0.368. The van der Waals surface area contributed by atoms with E-state index in [1.54, 1.807) is 11.6 Å². The van der Waals surface area contributed by atoms with Crippen LogP contribution in [-0.4, -0.2) is 24.5 Å². The Balaban J connectivity index is 1.65. The first kappa shape index (κ1) is 17.9. The number of hydrogen-bond acceptors (Lipinski definition) is 5. The Morgan fingerprint density at radius 1 is 1.30 bits per heavy atom. The fourth-order valence-corrected chi connectivity index (χ4v) is 4.61. The van der Waals surface area contributed by atoms with E-state index in [1.807, 2.05) is 0 Å². The van der Waals surface area contributed by atoms with Gasteiger partial charge in [-0.15, -0.1) is 0 Å². The topological polar surface area (TPSA) is 94.2 Å². The minimum Gasteiger partial charge on any atom is -0.421 e. The molecule has 0 spiro atoms. The highest BCUT2D eigenvalue weighted by Gasteiger charge is 2.18. The second-order valence-electron chi connectivity index (χ2n) is 6.86. The number of aromatic nitrogens is 2. The predicted molar refractivity (Wildman–Crippen MR) is 103 cm³/mol. The van der Waals surface area contributed by atoms with Gasteiger partial charge in [0.2, 0.25) is 10.0 Å². The number of sulfonamides is 1. The zero-order valence-electron chi connectivity index (χ0n) is 15.1. The summed E-state index contributed by atoms with van der Waals surface area (Å²) in [6.07, 6.45) is 8.98. The van der Waals surface area contributed by atoms with E-state index in [4.69, 9.17) is 4.42 Å². The third kappa shape index (κ3) is 3.42. The summed E-state index contributed by atoms with van der Waals surface area (Å²) in [5.41, 5.74) is 1.87. The molecule has 0 saturated heterocycles. The van der Waals surface area contributed by atoms with Gasteiger partial charge in [-0.3, -0.25) is 0 Å². The van der Waals surface area contributed by atoms with Gasteiger partial charge in [-0.05, 0) is 50.3 Å². The molecule has 0 fully saturated rings. The van der Waals surface area contributed by atoms with E-state index in [0.717, 1.165) is 19.3 Å². The molecular weight excluding hydrogens is 366 g/mol. The maximum atomic E-state index is 12.7. The molecule has 7 nitrogen and oxygen atoms in total. The molecule has 2 heterocycles. The molecular formula is C19H21N3O4S. The number of nitrogens with zero attached hydrogens (tertiary/aromatic N) is 2. The number of hydrogen-bond donors (Lipinski definition) is 1. The van der Waals surface area contributed by atoms with Crippen molar-refractivity contribution in [3.05, 3.63) is 46.6 Å². The number of imidazole rings is 1. The van der Waals surface area contributed by atoms with Crippen molar-refractivity contribution in [1.29, 1.82) is 0 Å². The van der Waals surface area contributed by atoms with Gasteiger partial charge >= 0.3 is 5.63 Å². The van der Waals surface area contributed by atoms with Crippen LogP contribution >= 0.6 is 0 Å². The third-order valence-corrected chi connectivity index (χ3v) is 6.43. The Bertz CT molecular complexity index is 1200. The highest BCUT2D eigenvalue weighted by molar-refractivity contribution is 7.89. The number of allylic oxidation sites excluding steroid dienone is 1. The van der Waals surface area contributed by atoms with Crippen molar-refractivity contribution in [3.8, 4) is 0 Å². The van der Waals surface area contributed by atoms with E-state index in [1.165, 1.54) is 42.9 Å². The minimum atomic E-state index is -3.65.